The van der Waals surface area contributed by atoms with Gasteiger partial charge in [-0.3, -0.25) is 47.9 Å². The molecule has 18 N–H and O–H groups in total. The maximum Gasteiger partial charge on any atom is 0.243 e. The molecule has 1 aromatic carbocycles. The van der Waals surface area contributed by atoms with E-state index in [1.54, 1.807) is 51.1 Å². The first-order valence-corrected chi connectivity index (χ1v) is 31.1. The summed E-state index contributed by atoms with van der Waals surface area (Å²) in [6.45, 7) is 17.6. The van der Waals surface area contributed by atoms with Gasteiger partial charge < -0.3 is 75.9 Å². The Morgan fingerprint density at radius 2 is 0.800 bits per heavy atom. The van der Waals surface area contributed by atoms with Crippen LogP contribution in [0.15, 0.2) is 30.3 Å². The molecule has 1 aromatic rings. The van der Waals surface area contributed by atoms with E-state index in [0.717, 1.165) is 19.3 Å². The van der Waals surface area contributed by atoms with Crippen LogP contribution in [0, 0.1) is 23.7 Å². The minimum absolute atomic E-state index is 0.0560. The van der Waals surface area contributed by atoms with E-state index in [9.17, 15) is 53.1 Å². The molecule has 0 aliphatic heterocycles. The molecule has 10 amide bonds. The van der Waals surface area contributed by atoms with Crippen molar-refractivity contribution in [2.24, 2.45) is 46.6 Å². The average Bonchev–Trinajstić information content (AvgIpc) is 3.60. The van der Waals surface area contributed by atoms with Crippen molar-refractivity contribution >= 4 is 59.1 Å². The summed E-state index contributed by atoms with van der Waals surface area (Å²) in [4.78, 5) is 138. The maximum atomic E-state index is 14.5. The first-order valence-electron chi connectivity index (χ1n) is 31.1. The Labute approximate surface area is 505 Å². The number of carbonyl (C=O) groups excluding carboxylic acids is 10. The van der Waals surface area contributed by atoms with Crippen molar-refractivity contribution in [1.29, 1.82) is 0 Å². The minimum Gasteiger partial charge on any atom is -0.391 e. The lowest BCUT2D eigenvalue weighted by molar-refractivity contribution is -0.137. The highest BCUT2D eigenvalue weighted by Gasteiger charge is 2.37. The Kier molecular flexibility index (Phi) is 38.4. The molecule has 24 nitrogen and oxygen atoms in total. The fraction of sp³-hybridized carbons (Fsp3) is 0.738. The van der Waals surface area contributed by atoms with Crippen LogP contribution in [0.1, 0.15) is 184 Å². The highest BCUT2D eigenvalue weighted by atomic mass is 16.3. The van der Waals surface area contributed by atoms with E-state index in [-0.39, 0.29) is 82.3 Å². The van der Waals surface area contributed by atoms with E-state index in [1.807, 2.05) is 34.6 Å². The standard InChI is InChI=1S/C61H109N13O11/c1-11-13-14-15-16-17-18-19-20-24-27-49(76)66-43(28-31-62)55(79)73-51(40(9)12-2)61(85)68-44(29-32-63)54(78)70-48(36-42-25-22-21-23-26-42)58(82)69-46(34-37(3)4)57(81)67-45(30-33-64)56(80)72-50(39(7)8)60(84)71-47(35-38(5)6)59(83)74-52(41(10)75)53(65)77/h21-23,25-26,37-41,43-48,50-52,75H,11-20,24,27-36,62-64H2,1-10H3,(H2,65,77)(H,66,76)(H,67,81)(H,68,85)(H,69,82)(H,70,78)(H,71,84)(H,72,80)(H,73,79)(H,74,83)/t40-,41+,43-,44-,45-,46-,47-,48+,50+,51-,52-/m0/s1. The van der Waals surface area contributed by atoms with Gasteiger partial charge in [0.05, 0.1) is 6.10 Å². The number of carbonyl (C=O) groups is 10. The zero-order valence-corrected chi connectivity index (χ0v) is 52.7. The van der Waals surface area contributed by atoms with Gasteiger partial charge in [-0.25, -0.2) is 0 Å². The van der Waals surface area contributed by atoms with Crippen LogP contribution in [-0.2, 0) is 54.4 Å². The van der Waals surface area contributed by atoms with E-state index < -0.39 is 125 Å². The van der Waals surface area contributed by atoms with Crippen LogP contribution >= 0.6 is 0 Å². The molecule has 24 heteroatoms. The summed E-state index contributed by atoms with van der Waals surface area (Å²) < 4.78 is 0. The third-order valence-electron chi connectivity index (χ3n) is 14.8. The number of amides is 10. The number of unbranched alkanes of at least 4 members (excludes halogenated alkanes) is 9. The minimum atomic E-state index is -1.43. The van der Waals surface area contributed by atoms with E-state index in [1.165, 1.54) is 45.4 Å². The van der Waals surface area contributed by atoms with Gasteiger partial charge in [0.25, 0.3) is 0 Å². The molecule has 0 spiro atoms. The van der Waals surface area contributed by atoms with Crippen LogP contribution in [0.25, 0.3) is 0 Å². The highest BCUT2D eigenvalue weighted by molar-refractivity contribution is 5.98. The molecular formula is C61H109N13O11. The lowest BCUT2D eigenvalue weighted by Crippen LogP contribution is -2.62. The second-order valence-corrected chi connectivity index (χ2v) is 23.8. The summed E-state index contributed by atoms with van der Waals surface area (Å²) in [6, 6.07) is -2.47. The fourth-order valence-electron chi connectivity index (χ4n) is 9.58. The normalized spacial score (nSPS) is 15.3. The molecule has 484 valence electrons. The number of primary amides is 1. The zero-order valence-electron chi connectivity index (χ0n) is 52.7. The molecule has 85 heavy (non-hydrogen) atoms. The lowest BCUT2D eigenvalue weighted by atomic mass is 9.97. The fourth-order valence-corrected chi connectivity index (χ4v) is 9.58. The Bertz CT molecular complexity index is 2200. The molecule has 0 aliphatic carbocycles. The molecule has 0 heterocycles. The van der Waals surface area contributed by atoms with Gasteiger partial charge in [-0.2, -0.15) is 0 Å². The number of nitrogens with one attached hydrogen (secondary N) is 9. The van der Waals surface area contributed by atoms with Gasteiger partial charge >= 0.3 is 0 Å². The molecule has 0 saturated heterocycles. The average molecular weight is 1200 g/mol. The summed E-state index contributed by atoms with van der Waals surface area (Å²) in [5.41, 5.74) is 23.9. The summed E-state index contributed by atoms with van der Waals surface area (Å²) in [5.74, 6) is -8.51. The highest BCUT2D eigenvalue weighted by Crippen LogP contribution is 2.16. The van der Waals surface area contributed by atoms with Crippen LogP contribution < -0.4 is 70.8 Å². The molecule has 0 fully saturated rings. The number of aliphatic hydroxyl groups is 1. The molecule has 0 radical (unpaired) electrons. The van der Waals surface area contributed by atoms with Crippen molar-refractivity contribution < 1.29 is 53.1 Å². The molecule has 0 aliphatic rings. The van der Waals surface area contributed by atoms with Crippen LogP contribution in [0.3, 0.4) is 0 Å². The first kappa shape index (κ1) is 76.8. The molecule has 0 aromatic heterocycles. The smallest absolute Gasteiger partial charge is 0.243 e. The maximum absolute atomic E-state index is 14.5. The number of rotatable bonds is 45. The Hall–Kier alpha value is -6.24. The summed E-state index contributed by atoms with van der Waals surface area (Å²) >= 11 is 0. The monoisotopic (exact) mass is 1200 g/mol. The SMILES string of the molecule is CCCCCCCCCCCCC(=O)N[C@@H](CCN)C(=O)N[C@H](C(=O)N[C@@H](CCN)C(=O)N[C@H](Cc1ccccc1)C(=O)N[C@@H](CC(C)C)C(=O)N[C@@H](CCN)C(=O)N[C@@H](C(=O)N[C@@H](CC(C)C)C(=O)N[C@H](C(N)=O)[C@@H](C)O)C(C)C)[C@@H](C)CC. The Balaban J connectivity index is 3.39. The largest absolute Gasteiger partial charge is 0.391 e. The summed E-state index contributed by atoms with van der Waals surface area (Å²) in [6.07, 6.45) is 10.5. The van der Waals surface area contributed by atoms with Crippen molar-refractivity contribution in [3.8, 4) is 0 Å². The van der Waals surface area contributed by atoms with E-state index in [2.05, 4.69) is 54.8 Å². The predicted molar refractivity (Wildman–Crippen MR) is 329 cm³/mol. The third kappa shape index (κ3) is 30.6. The Morgan fingerprint density at radius 1 is 0.435 bits per heavy atom. The quantitative estimate of drug-likeness (QED) is 0.0413. The van der Waals surface area contributed by atoms with Gasteiger partial charge in [-0.05, 0) is 94.3 Å². The van der Waals surface area contributed by atoms with Crippen molar-refractivity contribution in [3.05, 3.63) is 35.9 Å². The van der Waals surface area contributed by atoms with Crippen molar-refractivity contribution in [3.63, 3.8) is 0 Å². The summed E-state index contributed by atoms with van der Waals surface area (Å²) in [5, 5.41) is 34.4. The number of hydrogen-bond acceptors (Lipinski definition) is 14. The lowest BCUT2D eigenvalue weighted by Gasteiger charge is -2.30. The molecule has 0 unspecified atom stereocenters. The van der Waals surface area contributed by atoms with Crippen molar-refractivity contribution in [1.82, 2.24) is 47.9 Å². The number of aliphatic hydroxyl groups excluding tert-OH is 1. The zero-order chi connectivity index (χ0) is 64.2. The Morgan fingerprint density at radius 3 is 1.25 bits per heavy atom. The molecule has 1 rings (SSSR count). The molecule has 11 atom stereocenters. The van der Waals surface area contributed by atoms with Gasteiger partial charge in [0, 0.05) is 12.8 Å². The molecule has 0 bridgehead atoms. The summed E-state index contributed by atoms with van der Waals surface area (Å²) in [7, 11) is 0. The van der Waals surface area contributed by atoms with Gasteiger partial charge in [-0.15, -0.1) is 0 Å². The molecule has 0 saturated carbocycles. The van der Waals surface area contributed by atoms with Gasteiger partial charge in [0.15, 0.2) is 0 Å². The van der Waals surface area contributed by atoms with Gasteiger partial charge in [0.2, 0.25) is 59.1 Å². The van der Waals surface area contributed by atoms with Crippen LogP contribution in [0.2, 0.25) is 0 Å². The first-order chi connectivity index (χ1) is 40.2. The van der Waals surface area contributed by atoms with Crippen molar-refractivity contribution in [2.45, 2.75) is 245 Å². The number of nitrogens with two attached hydrogens (primary N) is 4. The van der Waals surface area contributed by atoms with E-state index in [0.29, 0.717) is 18.4 Å². The van der Waals surface area contributed by atoms with Crippen LogP contribution in [0.4, 0.5) is 0 Å². The van der Waals surface area contributed by atoms with Gasteiger partial charge in [-0.1, -0.05) is 157 Å². The van der Waals surface area contributed by atoms with E-state index in [4.69, 9.17) is 22.9 Å². The molecular weight excluding hydrogens is 1090 g/mol. The number of hydrogen-bond donors (Lipinski definition) is 14. The number of benzene rings is 1. The second kappa shape index (κ2) is 42.6. The second-order valence-electron chi connectivity index (χ2n) is 23.8. The van der Waals surface area contributed by atoms with E-state index >= 15 is 0 Å². The predicted octanol–water partition coefficient (Wildman–Crippen LogP) is 1.61. The van der Waals surface area contributed by atoms with Crippen LogP contribution in [0.5, 0.6) is 0 Å². The third-order valence-corrected chi connectivity index (χ3v) is 14.8. The van der Waals surface area contributed by atoms with Crippen molar-refractivity contribution in [2.75, 3.05) is 19.6 Å². The topological polar surface area (TPSA) is 403 Å². The van der Waals surface area contributed by atoms with Gasteiger partial charge in [0.1, 0.15) is 54.4 Å². The van der Waals surface area contributed by atoms with Crippen LogP contribution in [-0.4, -0.2) is 144 Å².